The molecule has 1 aromatic rings. The summed E-state index contributed by atoms with van der Waals surface area (Å²) < 4.78 is 2.22. The highest BCUT2D eigenvalue weighted by Crippen LogP contribution is 2.22. The lowest BCUT2D eigenvalue weighted by molar-refractivity contribution is 0.415. The molecule has 0 bridgehead atoms. The Labute approximate surface area is 111 Å². The Morgan fingerprint density at radius 2 is 2.22 bits per heavy atom. The maximum absolute atomic E-state index is 8.97. The largest absolute Gasteiger partial charge is 0.354 e. The second-order valence-corrected chi connectivity index (χ2v) is 5.53. The fraction of sp³-hybridized carbons (Fsp3) is 0.667. The van der Waals surface area contributed by atoms with Gasteiger partial charge >= 0.3 is 0 Å². The lowest BCUT2D eigenvalue weighted by atomic mass is 9.90. The van der Waals surface area contributed by atoms with Crippen LogP contribution in [-0.4, -0.2) is 11.6 Å². The number of hydrogen-bond acceptors (Lipinski definition) is 2. The summed E-state index contributed by atoms with van der Waals surface area (Å²) in [5.41, 5.74) is 1.15. The van der Waals surface area contributed by atoms with Crippen molar-refractivity contribution in [2.45, 2.75) is 52.6 Å². The van der Waals surface area contributed by atoms with Crippen molar-refractivity contribution in [1.29, 1.82) is 5.26 Å². The first kappa shape index (κ1) is 14.8. The minimum atomic E-state index is -0.201. The van der Waals surface area contributed by atoms with Gasteiger partial charge in [-0.05, 0) is 51.8 Å². The van der Waals surface area contributed by atoms with Crippen LogP contribution in [0.5, 0.6) is 0 Å². The van der Waals surface area contributed by atoms with E-state index in [4.69, 9.17) is 5.26 Å². The SMILES string of the molecule is CCC(NC)c1ccn(CCCC(C)(C)C#N)c1. The van der Waals surface area contributed by atoms with E-state index in [0.717, 1.165) is 25.8 Å². The van der Waals surface area contributed by atoms with Gasteiger partial charge in [-0.1, -0.05) is 6.92 Å². The Balaban J connectivity index is 2.48. The van der Waals surface area contributed by atoms with Crippen molar-refractivity contribution in [2.24, 2.45) is 5.41 Å². The molecule has 3 nitrogen and oxygen atoms in total. The Morgan fingerprint density at radius 3 is 2.78 bits per heavy atom. The van der Waals surface area contributed by atoms with Gasteiger partial charge in [0.2, 0.25) is 0 Å². The van der Waals surface area contributed by atoms with E-state index >= 15 is 0 Å². The lowest BCUT2D eigenvalue weighted by Gasteiger charge is -2.15. The molecule has 3 heteroatoms. The molecule has 0 amide bonds. The van der Waals surface area contributed by atoms with Gasteiger partial charge in [0.05, 0.1) is 11.5 Å². The molecule has 0 spiro atoms. The zero-order valence-electron chi connectivity index (χ0n) is 12.0. The summed E-state index contributed by atoms with van der Waals surface area (Å²) in [4.78, 5) is 0. The van der Waals surface area contributed by atoms with Crippen LogP contribution in [-0.2, 0) is 6.54 Å². The lowest BCUT2D eigenvalue weighted by Crippen LogP contribution is -2.14. The fourth-order valence-corrected chi connectivity index (χ4v) is 2.17. The maximum atomic E-state index is 8.97. The molecular formula is C15H25N3. The molecule has 1 unspecified atom stereocenters. The monoisotopic (exact) mass is 247 g/mol. The third kappa shape index (κ3) is 4.19. The molecule has 18 heavy (non-hydrogen) atoms. The predicted octanol–water partition coefficient (Wildman–Crippen LogP) is 3.49. The molecular weight excluding hydrogens is 222 g/mol. The third-order valence-electron chi connectivity index (χ3n) is 3.45. The average molecular weight is 247 g/mol. The molecule has 0 aliphatic heterocycles. The first-order valence-electron chi connectivity index (χ1n) is 6.76. The summed E-state index contributed by atoms with van der Waals surface area (Å²) in [6, 6.07) is 4.98. The van der Waals surface area contributed by atoms with Crippen molar-refractivity contribution < 1.29 is 0 Å². The van der Waals surface area contributed by atoms with Gasteiger partial charge in [0.15, 0.2) is 0 Å². The Bertz CT molecular complexity index is 394. The third-order valence-corrected chi connectivity index (χ3v) is 3.45. The zero-order valence-corrected chi connectivity index (χ0v) is 12.0. The van der Waals surface area contributed by atoms with Crippen LogP contribution in [0, 0.1) is 16.7 Å². The van der Waals surface area contributed by atoms with Gasteiger partial charge < -0.3 is 9.88 Å². The minimum Gasteiger partial charge on any atom is -0.354 e. The standard InChI is InChI=1S/C15H25N3/c1-5-14(17-4)13-7-10-18(11-13)9-6-8-15(2,3)12-16/h7,10-11,14,17H,5-6,8-9H2,1-4H3. The molecule has 1 rings (SSSR count). The first-order chi connectivity index (χ1) is 8.52. The minimum absolute atomic E-state index is 0.201. The molecule has 0 saturated heterocycles. The molecule has 1 heterocycles. The van der Waals surface area contributed by atoms with E-state index in [-0.39, 0.29) is 5.41 Å². The molecule has 100 valence electrons. The molecule has 0 radical (unpaired) electrons. The summed E-state index contributed by atoms with van der Waals surface area (Å²) in [5, 5.41) is 12.3. The summed E-state index contributed by atoms with van der Waals surface area (Å²) in [6.07, 6.45) is 7.44. The van der Waals surface area contributed by atoms with Crippen molar-refractivity contribution in [3.05, 3.63) is 24.0 Å². The van der Waals surface area contributed by atoms with Gasteiger partial charge in [0.1, 0.15) is 0 Å². The van der Waals surface area contributed by atoms with Gasteiger partial charge in [0.25, 0.3) is 0 Å². The van der Waals surface area contributed by atoms with Gasteiger partial charge in [-0.3, -0.25) is 0 Å². The second-order valence-electron chi connectivity index (χ2n) is 5.53. The van der Waals surface area contributed by atoms with E-state index in [1.165, 1.54) is 5.56 Å². The first-order valence-corrected chi connectivity index (χ1v) is 6.76. The van der Waals surface area contributed by atoms with Crippen LogP contribution in [0.3, 0.4) is 0 Å². The number of hydrogen-bond donors (Lipinski definition) is 1. The topological polar surface area (TPSA) is 40.8 Å². The number of aromatic nitrogens is 1. The van der Waals surface area contributed by atoms with E-state index in [1.54, 1.807) is 0 Å². The van der Waals surface area contributed by atoms with Crippen molar-refractivity contribution in [1.82, 2.24) is 9.88 Å². The summed E-state index contributed by atoms with van der Waals surface area (Å²) in [5.74, 6) is 0. The molecule has 0 aliphatic rings. The molecule has 0 aliphatic carbocycles. The normalized spacial score (nSPS) is 13.3. The van der Waals surface area contributed by atoms with Crippen LogP contribution in [0.2, 0.25) is 0 Å². The van der Waals surface area contributed by atoms with E-state index in [0.29, 0.717) is 6.04 Å². The van der Waals surface area contributed by atoms with E-state index in [9.17, 15) is 0 Å². The predicted molar refractivity (Wildman–Crippen MR) is 75.2 cm³/mol. The Morgan fingerprint density at radius 1 is 1.50 bits per heavy atom. The molecule has 1 N–H and O–H groups in total. The number of aryl methyl sites for hydroxylation is 1. The second kappa shape index (κ2) is 6.61. The van der Waals surface area contributed by atoms with Crippen molar-refractivity contribution in [3.8, 4) is 6.07 Å². The van der Waals surface area contributed by atoms with E-state index in [2.05, 4.69) is 41.3 Å². The highest BCUT2D eigenvalue weighted by atomic mass is 14.9. The van der Waals surface area contributed by atoms with Gasteiger partial charge in [-0.15, -0.1) is 0 Å². The van der Waals surface area contributed by atoms with Crippen molar-refractivity contribution in [2.75, 3.05) is 7.05 Å². The van der Waals surface area contributed by atoms with Crippen LogP contribution >= 0.6 is 0 Å². The molecule has 0 fully saturated rings. The highest BCUT2D eigenvalue weighted by Gasteiger charge is 2.15. The van der Waals surface area contributed by atoms with E-state index in [1.807, 2.05) is 20.9 Å². The Hall–Kier alpha value is -1.27. The van der Waals surface area contributed by atoms with Gasteiger partial charge in [-0.25, -0.2) is 0 Å². The van der Waals surface area contributed by atoms with Crippen LogP contribution in [0.25, 0.3) is 0 Å². The maximum Gasteiger partial charge on any atom is 0.0683 e. The fourth-order valence-electron chi connectivity index (χ4n) is 2.17. The van der Waals surface area contributed by atoms with Gasteiger partial charge in [0, 0.05) is 25.0 Å². The smallest absolute Gasteiger partial charge is 0.0683 e. The van der Waals surface area contributed by atoms with E-state index < -0.39 is 0 Å². The van der Waals surface area contributed by atoms with Crippen LogP contribution in [0.1, 0.15) is 51.6 Å². The van der Waals surface area contributed by atoms with Crippen molar-refractivity contribution >= 4 is 0 Å². The van der Waals surface area contributed by atoms with Gasteiger partial charge in [-0.2, -0.15) is 5.26 Å². The number of nitrogens with one attached hydrogen (secondary N) is 1. The number of nitriles is 1. The van der Waals surface area contributed by atoms with Crippen molar-refractivity contribution in [3.63, 3.8) is 0 Å². The molecule has 0 aromatic carbocycles. The van der Waals surface area contributed by atoms with Crippen LogP contribution in [0.15, 0.2) is 18.5 Å². The summed E-state index contributed by atoms with van der Waals surface area (Å²) in [7, 11) is 2.00. The molecule has 0 saturated carbocycles. The average Bonchev–Trinajstić information content (AvgIpc) is 2.79. The molecule has 1 aromatic heterocycles. The number of nitrogens with zero attached hydrogens (tertiary/aromatic N) is 2. The Kier molecular flexibility index (Phi) is 5.43. The van der Waals surface area contributed by atoms with Crippen LogP contribution < -0.4 is 5.32 Å². The summed E-state index contributed by atoms with van der Waals surface area (Å²) >= 11 is 0. The highest BCUT2D eigenvalue weighted by molar-refractivity contribution is 5.15. The zero-order chi connectivity index (χ0) is 13.6. The van der Waals surface area contributed by atoms with Crippen LogP contribution in [0.4, 0.5) is 0 Å². The summed E-state index contributed by atoms with van der Waals surface area (Å²) in [6.45, 7) is 7.18. The quantitative estimate of drug-likeness (QED) is 0.801. The molecule has 1 atom stereocenters. The number of rotatable bonds is 7.